The maximum atomic E-state index is 12.8. The van der Waals surface area contributed by atoms with Crippen molar-refractivity contribution in [2.45, 2.75) is 18.6 Å². The van der Waals surface area contributed by atoms with Crippen LogP contribution in [0.2, 0.25) is 0 Å². The second kappa shape index (κ2) is 3.27. The molecule has 0 spiro atoms. The summed E-state index contributed by atoms with van der Waals surface area (Å²) in [4.78, 5) is 0. The molecular formula is C6H13FN2O2S. The molecule has 1 fully saturated rings. The molecule has 0 aromatic carbocycles. The summed E-state index contributed by atoms with van der Waals surface area (Å²) in [5.74, 6) is 0. The molecule has 1 aliphatic rings. The molecule has 2 atom stereocenters. The van der Waals surface area contributed by atoms with Crippen LogP contribution in [0, 0.1) is 0 Å². The van der Waals surface area contributed by atoms with E-state index in [0.717, 1.165) is 6.26 Å². The Hall–Kier alpha value is -0.200. The van der Waals surface area contributed by atoms with Gasteiger partial charge in [0.2, 0.25) is 10.0 Å². The molecule has 1 aliphatic heterocycles. The number of hydrogen-bond acceptors (Lipinski definition) is 3. The van der Waals surface area contributed by atoms with Crippen molar-refractivity contribution in [3.63, 3.8) is 0 Å². The van der Waals surface area contributed by atoms with Gasteiger partial charge in [-0.05, 0) is 6.42 Å². The number of piperidine rings is 1. The molecule has 72 valence electrons. The summed E-state index contributed by atoms with van der Waals surface area (Å²) < 4.78 is 36.0. The predicted octanol–water partition coefficient (Wildman–Crippen LogP) is -0.683. The average Bonchev–Trinajstić information content (AvgIpc) is 1.92. The van der Waals surface area contributed by atoms with E-state index in [-0.39, 0.29) is 19.5 Å². The molecule has 0 amide bonds. The molecule has 0 radical (unpaired) electrons. The van der Waals surface area contributed by atoms with Crippen molar-refractivity contribution in [1.29, 1.82) is 0 Å². The van der Waals surface area contributed by atoms with E-state index in [2.05, 4.69) is 0 Å². The van der Waals surface area contributed by atoms with Crippen molar-refractivity contribution in [2.24, 2.45) is 5.73 Å². The quantitative estimate of drug-likeness (QED) is 0.604. The van der Waals surface area contributed by atoms with Crippen LogP contribution in [0.15, 0.2) is 0 Å². The van der Waals surface area contributed by atoms with E-state index in [1.165, 1.54) is 4.31 Å². The molecule has 0 bridgehead atoms. The number of halogens is 1. The number of rotatable bonds is 1. The van der Waals surface area contributed by atoms with Crippen LogP contribution in [-0.4, -0.2) is 44.3 Å². The van der Waals surface area contributed by atoms with Gasteiger partial charge in [-0.25, -0.2) is 17.1 Å². The van der Waals surface area contributed by atoms with Gasteiger partial charge in [0.05, 0.1) is 6.26 Å². The summed E-state index contributed by atoms with van der Waals surface area (Å²) in [7, 11) is -3.20. The van der Waals surface area contributed by atoms with E-state index < -0.39 is 22.2 Å². The summed E-state index contributed by atoms with van der Waals surface area (Å²) in [6, 6.07) is -0.673. The molecule has 0 aliphatic carbocycles. The lowest BCUT2D eigenvalue weighted by molar-refractivity contribution is 0.182. The van der Waals surface area contributed by atoms with Crippen LogP contribution >= 0.6 is 0 Å². The van der Waals surface area contributed by atoms with Crippen molar-refractivity contribution in [3.8, 4) is 0 Å². The highest BCUT2D eigenvalue weighted by Crippen LogP contribution is 2.14. The Kier molecular flexibility index (Phi) is 2.70. The van der Waals surface area contributed by atoms with Gasteiger partial charge in [-0.15, -0.1) is 0 Å². The van der Waals surface area contributed by atoms with E-state index in [4.69, 9.17) is 5.73 Å². The summed E-state index contributed by atoms with van der Waals surface area (Å²) in [6.07, 6.45) is 0.245. The van der Waals surface area contributed by atoms with E-state index >= 15 is 0 Å². The second-order valence-electron chi connectivity index (χ2n) is 3.09. The third-order valence-electron chi connectivity index (χ3n) is 2.00. The fraction of sp³-hybridized carbons (Fsp3) is 1.00. The van der Waals surface area contributed by atoms with Crippen molar-refractivity contribution in [2.75, 3.05) is 19.3 Å². The molecule has 0 aromatic heterocycles. The molecule has 4 nitrogen and oxygen atoms in total. The van der Waals surface area contributed by atoms with E-state index in [0.29, 0.717) is 0 Å². The third kappa shape index (κ3) is 2.15. The number of hydrogen-bond donors (Lipinski definition) is 1. The van der Waals surface area contributed by atoms with E-state index in [1.807, 2.05) is 0 Å². The van der Waals surface area contributed by atoms with Crippen LogP contribution < -0.4 is 5.73 Å². The molecule has 2 N–H and O–H groups in total. The zero-order valence-corrected chi connectivity index (χ0v) is 7.72. The van der Waals surface area contributed by atoms with Gasteiger partial charge in [-0.2, -0.15) is 0 Å². The Balaban J connectivity index is 2.64. The number of nitrogens with zero attached hydrogens (tertiary/aromatic N) is 1. The molecule has 0 unspecified atom stereocenters. The highest BCUT2D eigenvalue weighted by atomic mass is 32.2. The zero-order chi connectivity index (χ0) is 9.35. The van der Waals surface area contributed by atoms with Crippen LogP contribution in [0.3, 0.4) is 0 Å². The Morgan fingerprint density at radius 1 is 1.58 bits per heavy atom. The highest BCUT2D eigenvalue weighted by Gasteiger charge is 2.30. The van der Waals surface area contributed by atoms with Crippen molar-refractivity contribution < 1.29 is 12.8 Å². The SMILES string of the molecule is CS(=O)(=O)N1CC[C@@H](F)[C@H](N)C1. The Bertz CT molecular complexity index is 254. The highest BCUT2D eigenvalue weighted by molar-refractivity contribution is 7.88. The Morgan fingerprint density at radius 2 is 2.17 bits per heavy atom. The Morgan fingerprint density at radius 3 is 2.58 bits per heavy atom. The van der Waals surface area contributed by atoms with Gasteiger partial charge >= 0.3 is 0 Å². The van der Waals surface area contributed by atoms with Crippen LogP contribution in [-0.2, 0) is 10.0 Å². The monoisotopic (exact) mass is 196 g/mol. The van der Waals surface area contributed by atoms with Crippen LogP contribution in [0.1, 0.15) is 6.42 Å². The molecule has 1 saturated heterocycles. The summed E-state index contributed by atoms with van der Waals surface area (Å²) in [5, 5.41) is 0. The summed E-state index contributed by atoms with van der Waals surface area (Å²) >= 11 is 0. The first-order chi connectivity index (χ1) is 5.41. The molecule has 0 aromatic rings. The topological polar surface area (TPSA) is 63.4 Å². The maximum absolute atomic E-state index is 12.8. The average molecular weight is 196 g/mol. The minimum Gasteiger partial charge on any atom is -0.324 e. The van der Waals surface area contributed by atoms with Crippen LogP contribution in [0.25, 0.3) is 0 Å². The summed E-state index contributed by atoms with van der Waals surface area (Å²) in [6.45, 7) is 0.341. The van der Waals surface area contributed by atoms with Crippen LogP contribution in [0.5, 0.6) is 0 Å². The first-order valence-corrected chi connectivity index (χ1v) is 5.61. The Labute approximate surface area is 71.6 Å². The van der Waals surface area contributed by atoms with Gasteiger partial charge in [-0.3, -0.25) is 0 Å². The normalized spacial score (nSPS) is 33.6. The van der Waals surface area contributed by atoms with Gasteiger partial charge in [-0.1, -0.05) is 0 Å². The third-order valence-corrected chi connectivity index (χ3v) is 3.27. The molecular weight excluding hydrogens is 183 g/mol. The van der Waals surface area contributed by atoms with E-state index in [9.17, 15) is 12.8 Å². The lowest BCUT2D eigenvalue weighted by Gasteiger charge is -2.31. The van der Waals surface area contributed by atoms with Gasteiger partial charge in [0, 0.05) is 19.1 Å². The van der Waals surface area contributed by atoms with Crippen molar-refractivity contribution in [1.82, 2.24) is 4.31 Å². The van der Waals surface area contributed by atoms with Gasteiger partial charge in [0.25, 0.3) is 0 Å². The largest absolute Gasteiger partial charge is 0.324 e. The first kappa shape index (κ1) is 9.88. The smallest absolute Gasteiger partial charge is 0.211 e. The standard InChI is InChI=1S/C6H13FN2O2S/c1-12(10,11)9-3-2-5(7)6(8)4-9/h5-6H,2-4,8H2,1H3/t5-,6-/m1/s1. The molecule has 1 heterocycles. The maximum Gasteiger partial charge on any atom is 0.211 e. The lowest BCUT2D eigenvalue weighted by atomic mass is 10.1. The van der Waals surface area contributed by atoms with Crippen molar-refractivity contribution in [3.05, 3.63) is 0 Å². The van der Waals surface area contributed by atoms with Crippen LogP contribution in [0.4, 0.5) is 4.39 Å². The molecule has 6 heteroatoms. The minimum absolute atomic E-state index is 0.0972. The fourth-order valence-electron chi connectivity index (χ4n) is 1.22. The minimum atomic E-state index is -3.20. The lowest BCUT2D eigenvalue weighted by Crippen LogP contribution is -2.51. The number of alkyl halides is 1. The van der Waals surface area contributed by atoms with Crippen molar-refractivity contribution >= 4 is 10.0 Å². The van der Waals surface area contributed by atoms with Gasteiger partial charge < -0.3 is 5.73 Å². The molecule has 1 rings (SSSR count). The summed E-state index contributed by atoms with van der Waals surface area (Å²) in [5.41, 5.74) is 5.38. The number of sulfonamides is 1. The molecule has 0 saturated carbocycles. The van der Waals surface area contributed by atoms with Gasteiger partial charge in [0.1, 0.15) is 6.17 Å². The fourth-order valence-corrected chi connectivity index (χ4v) is 2.10. The zero-order valence-electron chi connectivity index (χ0n) is 6.90. The predicted molar refractivity (Wildman–Crippen MR) is 43.9 cm³/mol. The molecule has 12 heavy (non-hydrogen) atoms. The van der Waals surface area contributed by atoms with E-state index in [1.54, 1.807) is 0 Å². The number of nitrogens with two attached hydrogens (primary N) is 1. The first-order valence-electron chi connectivity index (χ1n) is 3.76. The van der Waals surface area contributed by atoms with Gasteiger partial charge in [0.15, 0.2) is 0 Å². The second-order valence-corrected chi connectivity index (χ2v) is 5.07.